The van der Waals surface area contributed by atoms with Gasteiger partial charge in [0.05, 0.1) is 11.5 Å². The lowest BCUT2D eigenvalue weighted by Crippen LogP contribution is -2.33. The number of para-hydroxylation sites is 1. The van der Waals surface area contributed by atoms with Gasteiger partial charge in [-0.25, -0.2) is 0 Å². The number of nitrogens with two attached hydrogens (primary N) is 1. The molecule has 1 fully saturated rings. The third-order valence-electron chi connectivity index (χ3n) is 2.73. The SMILES string of the molecule is CCOc1ccccc1C=C1SC(=O)N(CCN)C1=O. The molecule has 5 nitrogen and oxygen atoms in total. The Balaban J connectivity index is 2.28. The highest BCUT2D eigenvalue weighted by molar-refractivity contribution is 8.18. The third-order valence-corrected chi connectivity index (χ3v) is 3.64. The number of imide groups is 1. The molecule has 0 unspecified atom stereocenters. The third kappa shape index (κ3) is 3.02. The van der Waals surface area contributed by atoms with Crippen LogP contribution < -0.4 is 10.5 Å². The zero-order valence-electron chi connectivity index (χ0n) is 11.2. The van der Waals surface area contributed by atoms with Crippen molar-refractivity contribution in [1.82, 2.24) is 4.90 Å². The average molecular weight is 292 g/mol. The summed E-state index contributed by atoms with van der Waals surface area (Å²) in [5.74, 6) is 0.400. The fourth-order valence-electron chi connectivity index (χ4n) is 1.85. The summed E-state index contributed by atoms with van der Waals surface area (Å²) < 4.78 is 5.50. The number of thioether (sulfide) groups is 1. The van der Waals surface area contributed by atoms with E-state index in [0.717, 1.165) is 17.3 Å². The van der Waals surface area contributed by atoms with Crippen LogP contribution in [0, 0.1) is 0 Å². The molecule has 1 heterocycles. The first kappa shape index (κ1) is 14.6. The first-order valence-electron chi connectivity index (χ1n) is 6.34. The molecule has 0 aliphatic carbocycles. The van der Waals surface area contributed by atoms with Crippen molar-refractivity contribution in [3.63, 3.8) is 0 Å². The van der Waals surface area contributed by atoms with Crippen LogP contribution >= 0.6 is 11.8 Å². The summed E-state index contributed by atoms with van der Waals surface area (Å²) >= 11 is 0.931. The largest absolute Gasteiger partial charge is 0.493 e. The lowest BCUT2D eigenvalue weighted by atomic mass is 10.2. The smallest absolute Gasteiger partial charge is 0.293 e. The Labute approximate surface area is 121 Å². The number of nitrogens with zero attached hydrogens (tertiary/aromatic N) is 1. The van der Waals surface area contributed by atoms with Crippen LogP contribution in [-0.2, 0) is 4.79 Å². The molecule has 0 spiro atoms. The van der Waals surface area contributed by atoms with E-state index in [4.69, 9.17) is 10.5 Å². The van der Waals surface area contributed by atoms with Crippen molar-refractivity contribution in [1.29, 1.82) is 0 Å². The van der Waals surface area contributed by atoms with E-state index in [-0.39, 0.29) is 24.2 Å². The van der Waals surface area contributed by atoms with Gasteiger partial charge in [-0.2, -0.15) is 0 Å². The second-order valence-electron chi connectivity index (χ2n) is 4.09. The van der Waals surface area contributed by atoms with Gasteiger partial charge in [0.1, 0.15) is 5.75 Å². The van der Waals surface area contributed by atoms with Gasteiger partial charge in [-0.15, -0.1) is 0 Å². The zero-order chi connectivity index (χ0) is 14.5. The number of rotatable bonds is 5. The van der Waals surface area contributed by atoms with E-state index in [1.165, 1.54) is 4.90 Å². The average Bonchev–Trinajstić information content (AvgIpc) is 2.69. The van der Waals surface area contributed by atoms with Crippen molar-refractivity contribution >= 4 is 29.0 Å². The van der Waals surface area contributed by atoms with Crippen LogP contribution in [0.4, 0.5) is 4.79 Å². The van der Waals surface area contributed by atoms with Gasteiger partial charge in [-0.05, 0) is 30.8 Å². The second kappa shape index (κ2) is 6.58. The summed E-state index contributed by atoms with van der Waals surface area (Å²) in [6.07, 6.45) is 1.69. The minimum Gasteiger partial charge on any atom is -0.493 e. The minimum atomic E-state index is -0.295. The molecule has 2 N–H and O–H groups in total. The first-order chi connectivity index (χ1) is 9.67. The van der Waals surface area contributed by atoms with Crippen LogP contribution in [0.5, 0.6) is 5.75 Å². The molecule has 0 radical (unpaired) electrons. The van der Waals surface area contributed by atoms with Crippen LogP contribution in [0.3, 0.4) is 0 Å². The van der Waals surface area contributed by atoms with E-state index in [2.05, 4.69) is 0 Å². The molecule has 6 heteroatoms. The molecule has 2 rings (SSSR count). The first-order valence-corrected chi connectivity index (χ1v) is 7.16. The van der Waals surface area contributed by atoms with Crippen LogP contribution in [-0.4, -0.2) is 35.7 Å². The Morgan fingerprint density at radius 2 is 2.10 bits per heavy atom. The van der Waals surface area contributed by atoms with Gasteiger partial charge in [0.15, 0.2) is 0 Å². The molecule has 1 aromatic carbocycles. The molecule has 20 heavy (non-hydrogen) atoms. The normalized spacial score (nSPS) is 17.1. The van der Waals surface area contributed by atoms with E-state index in [1.807, 2.05) is 31.2 Å². The van der Waals surface area contributed by atoms with E-state index >= 15 is 0 Å². The summed E-state index contributed by atoms with van der Waals surface area (Å²) in [6.45, 7) is 2.95. The maximum absolute atomic E-state index is 12.1. The minimum absolute atomic E-state index is 0.245. The van der Waals surface area contributed by atoms with Crippen LogP contribution in [0.1, 0.15) is 12.5 Å². The highest BCUT2D eigenvalue weighted by Crippen LogP contribution is 2.33. The molecule has 1 aromatic rings. The maximum atomic E-state index is 12.1. The fourth-order valence-corrected chi connectivity index (χ4v) is 2.71. The number of ether oxygens (including phenoxy) is 1. The van der Waals surface area contributed by atoms with Gasteiger partial charge >= 0.3 is 0 Å². The van der Waals surface area contributed by atoms with Gasteiger partial charge in [0.2, 0.25) is 0 Å². The fraction of sp³-hybridized carbons (Fsp3) is 0.286. The number of hydrogen-bond donors (Lipinski definition) is 1. The summed E-state index contributed by atoms with van der Waals surface area (Å²) in [4.78, 5) is 25.4. The predicted molar refractivity (Wildman–Crippen MR) is 79.3 cm³/mol. The summed E-state index contributed by atoms with van der Waals surface area (Å²) in [5.41, 5.74) is 6.18. The Kier molecular flexibility index (Phi) is 4.81. The quantitative estimate of drug-likeness (QED) is 0.841. The lowest BCUT2D eigenvalue weighted by Gasteiger charge is -2.09. The number of carbonyl (C=O) groups is 2. The van der Waals surface area contributed by atoms with E-state index in [9.17, 15) is 9.59 Å². The number of amides is 2. The monoisotopic (exact) mass is 292 g/mol. The molecule has 1 saturated heterocycles. The number of hydrogen-bond acceptors (Lipinski definition) is 5. The Bertz CT molecular complexity index is 557. The molecule has 1 aliphatic rings. The summed E-state index contributed by atoms with van der Waals surface area (Å²) in [5, 5.41) is -0.277. The molecule has 2 amide bonds. The van der Waals surface area contributed by atoms with Crippen molar-refractivity contribution in [3.05, 3.63) is 34.7 Å². The molecular formula is C14H16N2O3S. The summed E-state index contributed by atoms with van der Waals surface area (Å²) in [7, 11) is 0. The Morgan fingerprint density at radius 3 is 2.80 bits per heavy atom. The van der Waals surface area contributed by atoms with E-state index < -0.39 is 0 Å². The molecule has 0 saturated carbocycles. The van der Waals surface area contributed by atoms with Crippen LogP contribution in [0.15, 0.2) is 29.2 Å². The van der Waals surface area contributed by atoms with E-state index in [0.29, 0.717) is 17.3 Å². The molecule has 0 bridgehead atoms. The predicted octanol–water partition coefficient (Wildman–Crippen LogP) is 2.08. The summed E-state index contributed by atoms with van der Waals surface area (Å²) in [6, 6.07) is 7.41. The van der Waals surface area contributed by atoms with Gasteiger partial charge in [-0.3, -0.25) is 14.5 Å². The zero-order valence-corrected chi connectivity index (χ0v) is 12.0. The molecule has 0 aromatic heterocycles. The molecule has 0 atom stereocenters. The molecule has 1 aliphatic heterocycles. The van der Waals surface area contributed by atoms with Gasteiger partial charge < -0.3 is 10.5 Å². The van der Waals surface area contributed by atoms with Crippen LogP contribution in [0.25, 0.3) is 6.08 Å². The number of carbonyl (C=O) groups excluding carboxylic acids is 2. The Hall–Kier alpha value is -1.79. The lowest BCUT2D eigenvalue weighted by molar-refractivity contribution is -0.122. The molecule has 106 valence electrons. The maximum Gasteiger partial charge on any atom is 0.293 e. The highest BCUT2D eigenvalue weighted by Gasteiger charge is 2.34. The molecular weight excluding hydrogens is 276 g/mol. The topological polar surface area (TPSA) is 72.6 Å². The number of benzene rings is 1. The van der Waals surface area contributed by atoms with Crippen molar-refractivity contribution in [3.8, 4) is 5.75 Å². The van der Waals surface area contributed by atoms with Crippen molar-refractivity contribution < 1.29 is 14.3 Å². The Morgan fingerprint density at radius 1 is 1.35 bits per heavy atom. The van der Waals surface area contributed by atoms with Crippen molar-refractivity contribution in [2.45, 2.75) is 6.92 Å². The van der Waals surface area contributed by atoms with Gasteiger partial charge in [0, 0.05) is 18.7 Å². The van der Waals surface area contributed by atoms with Gasteiger partial charge in [-0.1, -0.05) is 18.2 Å². The van der Waals surface area contributed by atoms with Crippen molar-refractivity contribution in [2.24, 2.45) is 5.73 Å². The van der Waals surface area contributed by atoms with Crippen LogP contribution in [0.2, 0.25) is 0 Å². The highest BCUT2D eigenvalue weighted by atomic mass is 32.2. The second-order valence-corrected chi connectivity index (χ2v) is 5.09. The standard InChI is InChI=1S/C14H16N2O3S/c1-2-19-11-6-4-3-5-10(11)9-12-13(17)16(8-7-15)14(18)20-12/h3-6,9H,2,7-8,15H2,1H3. The van der Waals surface area contributed by atoms with Crippen molar-refractivity contribution in [2.75, 3.05) is 19.7 Å². The van der Waals surface area contributed by atoms with E-state index in [1.54, 1.807) is 6.08 Å². The van der Waals surface area contributed by atoms with Gasteiger partial charge in [0.25, 0.3) is 11.1 Å².